The molecule has 402 valence electrons. The first-order valence-corrected chi connectivity index (χ1v) is 31.2. The third-order valence-electron chi connectivity index (χ3n) is 21.4. The molecule has 0 radical (unpaired) electrons. The van der Waals surface area contributed by atoms with Crippen molar-refractivity contribution in [2.75, 3.05) is 4.90 Å². The number of nitrogens with zero attached hydrogens (tertiary/aromatic N) is 2. The second kappa shape index (κ2) is 18.4. The van der Waals surface area contributed by atoms with Crippen LogP contribution in [0, 0.1) is 34.0 Å². The summed E-state index contributed by atoms with van der Waals surface area (Å²) in [5.74, 6) is 2.41. The van der Waals surface area contributed by atoms with Crippen LogP contribution < -0.4 is 9.68 Å². The van der Waals surface area contributed by atoms with E-state index in [2.05, 4.69) is 236 Å². The van der Waals surface area contributed by atoms with Gasteiger partial charge in [0.05, 0.1) is 11.7 Å². The predicted molar refractivity (Wildman–Crippen MR) is 336 cm³/mol. The third-order valence-corrected chi connectivity index (χ3v) is 22.6. The zero-order valence-corrected chi connectivity index (χ0v) is 51.3. The second-order valence-corrected chi connectivity index (χ2v) is 30.6. The highest BCUT2D eigenvalue weighted by molar-refractivity contribution is 7.32. The Morgan fingerprint density at radius 1 is 0.779 bits per heavy atom. The maximum atomic E-state index is 3.01. The summed E-state index contributed by atoms with van der Waals surface area (Å²) < 4.78 is 3.02. The van der Waals surface area contributed by atoms with Crippen molar-refractivity contribution in [1.82, 2.24) is 4.90 Å². The number of fused-ring (bicyclic) bond motifs is 8. The molecule has 5 unspecified atom stereocenters. The fourth-order valence-electron chi connectivity index (χ4n) is 16.4. The van der Waals surface area contributed by atoms with Crippen molar-refractivity contribution in [3.8, 4) is 0 Å². The van der Waals surface area contributed by atoms with Crippen LogP contribution in [0.3, 0.4) is 0 Å². The molecule has 4 aromatic rings. The van der Waals surface area contributed by atoms with Crippen molar-refractivity contribution in [3.05, 3.63) is 170 Å². The minimum absolute atomic E-state index is 0.0409. The van der Waals surface area contributed by atoms with Crippen LogP contribution in [-0.4, -0.2) is 17.7 Å². The van der Waals surface area contributed by atoms with Crippen LogP contribution in [0.1, 0.15) is 221 Å². The molecule has 3 heterocycles. The highest BCUT2D eigenvalue weighted by Gasteiger charge is 2.55. The summed E-state index contributed by atoms with van der Waals surface area (Å²) in [6.07, 6.45) is 28.4. The first-order valence-electron chi connectivity index (χ1n) is 30.4. The zero-order chi connectivity index (χ0) is 54.6. The number of anilines is 2. The molecule has 3 aromatic carbocycles. The van der Waals surface area contributed by atoms with Gasteiger partial charge in [0.15, 0.2) is 0 Å². The first kappa shape index (κ1) is 52.9. The monoisotopic (exact) mass is 1040 g/mol. The van der Waals surface area contributed by atoms with E-state index in [0.29, 0.717) is 29.6 Å². The summed E-state index contributed by atoms with van der Waals surface area (Å²) in [6, 6.07) is 22.6. The Balaban J connectivity index is 1.25. The van der Waals surface area contributed by atoms with Crippen LogP contribution in [0.4, 0.5) is 11.4 Å². The molecule has 6 aliphatic carbocycles. The van der Waals surface area contributed by atoms with E-state index < -0.39 is 0 Å². The van der Waals surface area contributed by atoms with Crippen LogP contribution in [0.15, 0.2) is 136 Å². The van der Waals surface area contributed by atoms with Gasteiger partial charge >= 0.3 is 0 Å². The van der Waals surface area contributed by atoms with Crippen LogP contribution >= 0.6 is 11.3 Å². The molecule has 1 fully saturated rings. The van der Waals surface area contributed by atoms with Crippen molar-refractivity contribution in [1.29, 1.82) is 0 Å². The van der Waals surface area contributed by atoms with E-state index >= 15 is 0 Å². The molecule has 1 saturated carbocycles. The highest BCUT2D eigenvalue weighted by atomic mass is 32.1. The lowest BCUT2D eigenvalue weighted by molar-refractivity contribution is 0.0378. The van der Waals surface area contributed by atoms with Gasteiger partial charge in [-0.2, -0.15) is 0 Å². The van der Waals surface area contributed by atoms with Gasteiger partial charge in [0.1, 0.15) is 0 Å². The minimum Gasteiger partial charge on any atom is -0.333 e. The summed E-state index contributed by atoms with van der Waals surface area (Å²) in [5, 5.41) is 1.47. The van der Waals surface area contributed by atoms with Gasteiger partial charge in [-0.1, -0.05) is 176 Å². The molecular weight excluding hydrogens is 948 g/mol. The number of hydrogen-bond acceptors (Lipinski definition) is 3. The molecule has 0 bridgehead atoms. The average Bonchev–Trinajstić information content (AvgIpc) is 3.78. The Morgan fingerprint density at radius 2 is 1.44 bits per heavy atom. The molecule has 2 aliphatic heterocycles. The SMILES string of the molecule is C/C=C\C(=C/C)c1cc2c(cc1N1c3c(sc4cc5c(cc34)C(C)CCC5C)B3C4=C(CCC(C(C)C)=C4)N(C4=C(c5ccccc5)C5C(C=C4)C(C)(C)CCC5(C)C)C4=C3C1CC(C(C)(C)C)=C4)C(C)(C)CCC2(C)C. The third kappa shape index (κ3) is 8.26. The fraction of sp³-hybridized carbons (Fsp3) is 0.507. The van der Waals surface area contributed by atoms with E-state index in [1.807, 2.05) is 0 Å². The molecule has 77 heavy (non-hydrogen) atoms. The Labute approximate surface area is 470 Å². The summed E-state index contributed by atoms with van der Waals surface area (Å²) >= 11 is 2.14. The smallest absolute Gasteiger partial charge is 0.259 e. The van der Waals surface area contributed by atoms with Gasteiger partial charge in [0, 0.05) is 43.2 Å². The van der Waals surface area contributed by atoms with E-state index in [4.69, 9.17) is 0 Å². The van der Waals surface area contributed by atoms with Gasteiger partial charge < -0.3 is 9.80 Å². The van der Waals surface area contributed by atoms with Gasteiger partial charge in [0.2, 0.25) is 0 Å². The molecule has 0 N–H and O–H groups in total. The predicted octanol–water partition coefficient (Wildman–Crippen LogP) is 20.2. The molecule has 12 rings (SSSR count). The van der Waals surface area contributed by atoms with Crippen molar-refractivity contribution >= 4 is 55.4 Å². The number of benzene rings is 3. The van der Waals surface area contributed by atoms with Crippen molar-refractivity contribution in [2.45, 2.75) is 204 Å². The molecule has 0 spiro atoms. The van der Waals surface area contributed by atoms with Crippen molar-refractivity contribution < 1.29 is 0 Å². The average molecular weight is 1040 g/mol. The van der Waals surface area contributed by atoms with E-state index in [0.717, 1.165) is 19.3 Å². The summed E-state index contributed by atoms with van der Waals surface area (Å²) in [5.41, 5.74) is 25.8. The number of rotatable bonds is 6. The van der Waals surface area contributed by atoms with Crippen LogP contribution in [-0.2, 0) is 10.8 Å². The molecule has 8 aliphatic rings. The summed E-state index contributed by atoms with van der Waals surface area (Å²) in [7, 11) is 0. The highest BCUT2D eigenvalue weighted by Crippen LogP contribution is 2.63. The number of thiophene rings is 1. The standard InChI is InChI=1S/C73H91BN2S/c1-18-23-46(19-2)52-40-55-56(72(14,15)33-32-71(55,12)13)42-60(52)76-62-38-49(69(7,8)9)37-61-66(62)74(68-67(76)53-39-50-44(5)26-27-45(6)51(50)41-63(53)77-68)57-36-48(43(3)4)28-30-58(57)75(61)59-31-29-54-65(64(59)47-24-21-20-22-25-47)73(16,17)35-34-70(54,10)11/h18-25,29,31,36-37,39-45,54,62,65H,26-28,30,32-35,38H2,1-17H3/b23-18-,46-19+. The van der Waals surface area contributed by atoms with E-state index in [-0.39, 0.29) is 39.8 Å². The van der Waals surface area contributed by atoms with Crippen LogP contribution in [0.2, 0.25) is 0 Å². The van der Waals surface area contributed by atoms with Crippen LogP contribution in [0.25, 0.3) is 21.2 Å². The molecule has 0 amide bonds. The largest absolute Gasteiger partial charge is 0.333 e. The van der Waals surface area contributed by atoms with Gasteiger partial charge in [0.25, 0.3) is 6.71 Å². The normalized spacial score (nSPS) is 27.1. The topological polar surface area (TPSA) is 6.48 Å². The van der Waals surface area contributed by atoms with Gasteiger partial charge in [-0.15, -0.1) is 11.3 Å². The lowest BCUT2D eigenvalue weighted by Crippen LogP contribution is -2.57. The summed E-state index contributed by atoms with van der Waals surface area (Å²) in [4.78, 5) is 5.93. The molecule has 4 heteroatoms. The van der Waals surface area contributed by atoms with Crippen molar-refractivity contribution in [2.24, 2.45) is 34.0 Å². The zero-order valence-electron chi connectivity index (χ0n) is 50.4. The van der Waals surface area contributed by atoms with E-state index in [9.17, 15) is 0 Å². The lowest BCUT2D eigenvalue weighted by atomic mass is 9.32. The molecule has 2 nitrogen and oxygen atoms in total. The number of hydrogen-bond donors (Lipinski definition) is 0. The molecule has 0 saturated heterocycles. The first-order chi connectivity index (χ1) is 36.4. The molecular formula is C73H91BN2S. The van der Waals surface area contributed by atoms with E-state index in [1.165, 1.54) is 105 Å². The van der Waals surface area contributed by atoms with E-state index in [1.54, 1.807) is 43.6 Å². The Morgan fingerprint density at radius 3 is 2.09 bits per heavy atom. The van der Waals surface area contributed by atoms with Crippen molar-refractivity contribution in [3.63, 3.8) is 0 Å². The second-order valence-electron chi connectivity index (χ2n) is 29.5. The maximum absolute atomic E-state index is 3.01. The van der Waals surface area contributed by atoms with Gasteiger partial charge in [-0.3, -0.25) is 0 Å². The van der Waals surface area contributed by atoms with Gasteiger partial charge in [-0.05, 0) is 215 Å². The lowest BCUT2D eigenvalue weighted by Gasteiger charge is -2.56. The fourth-order valence-corrected chi connectivity index (χ4v) is 17.7. The summed E-state index contributed by atoms with van der Waals surface area (Å²) in [6.45, 7) is 42.4. The minimum atomic E-state index is -0.0530. The molecule has 5 atom stereocenters. The van der Waals surface area contributed by atoms with Gasteiger partial charge in [-0.25, -0.2) is 0 Å². The maximum Gasteiger partial charge on any atom is 0.259 e. The molecule has 1 aromatic heterocycles. The number of allylic oxidation sites excluding steroid dienone is 12. The Bertz CT molecular complexity index is 3370. The quantitative estimate of drug-likeness (QED) is 0.140. The Hall–Kier alpha value is -4.80. The van der Waals surface area contributed by atoms with Crippen LogP contribution in [0.5, 0.6) is 0 Å². The Kier molecular flexibility index (Phi) is 12.6.